The molecule has 0 aliphatic rings. The van der Waals surface area contributed by atoms with Crippen molar-refractivity contribution < 1.29 is 19.1 Å². The van der Waals surface area contributed by atoms with Gasteiger partial charge < -0.3 is 20.5 Å². The van der Waals surface area contributed by atoms with Crippen LogP contribution < -0.4 is 31.4 Å². The first-order chi connectivity index (χ1) is 18.2. The van der Waals surface area contributed by atoms with Gasteiger partial charge in [-0.25, -0.2) is 0 Å². The van der Waals surface area contributed by atoms with Gasteiger partial charge in [0.2, 0.25) is 0 Å². The lowest BCUT2D eigenvalue weighted by Gasteiger charge is -2.22. The molecule has 3 rings (SSSR count). The summed E-state index contributed by atoms with van der Waals surface area (Å²) < 4.78 is 12.4. The highest BCUT2D eigenvalue weighted by molar-refractivity contribution is 14.1. The van der Waals surface area contributed by atoms with Crippen molar-refractivity contribution in [3.8, 4) is 11.5 Å². The van der Waals surface area contributed by atoms with E-state index in [0.717, 1.165) is 10.1 Å². The fourth-order valence-electron chi connectivity index (χ4n) is 3.44. The summed E-state index contributed by atoms with van der Waals surface area (Å²) in [7, 11) is 0. The molecule has 11 heteroatoms. The fraction of sp³-hybridized carbons (Fsp3) is 0.259. The van der Waals surface area contributed by atoms with E-state index in [1.165, 1.54) is 6.20 Å². The van der Waals surface area contributed by atoms with E-state index in [0.29, 0.717) is 40.5 Å². The molecule has 0 saturated carbocycles. The van der Waals surface area contributed by atoms with Crippen molar-refractivity contribution in [2.75, 3.05) is 11.9 Å². The number of carbonyl (C=O) groups excluding carboxylic acids is 2. The van der Waals surface area contributed by atoms with Crippen molar-refractivity contribution in [1.82, 2.24) is 15.8 Å². The van der Waals surface area contributed by atoms with Crippen molar-refractivity contribution in [2.45, 2.75) is 37.3 Å². The summed E-state index contributed by atoms with van der Waals surface area (Å²) in [5, 5.41) is 10.8. The number of ether oxygens (including phenoxy) is 2. The molecular weight excluding hydrogens is 599 g/mol. The number of pyridine rings is 1. The Morgan fingerprint density at radius 2 is 1.74 bits per heavy atom. The lowest BCUT2D eigenvalue weighted by atomic mass is 10.0. The highest BCUT2D eigenvalue weighted by Gasteiger charge is 2.23. The van der Waals surface area contributed by atoms with E-state index in [9.17, 15) is 9.59 Å². The normalized spacial score (nSPS) is 11.4. The van der Waals surface area contributed by atoms with Gasteiger partial charge in [0.15, 0.2) is 11.5 Å². The maximum atomic E-state index is 13.4. The third-order valence-electron chi connectivity index (χ3n) is 5.26. The SMILES string of the molecule is CCOc1cc(C(Nc2ccc(C(=N)N)cc2)C(=O)NNC(=O)c2ccc(CI)nc2)ccc1OC(C)C. The van der Waals surface area contributed by atoms with Gasteiger partial charge in [-0.05, 0) is 74.9 Å². The molecule has 6 N–H and O–H groups in total. The molecule has 3 aromatic rings. The molecule has 38 heavy (non-hydrogen) atoms. The minimum atomic E-state index is -0.912. The van der Waals surface area contributed by atoms with E-state index in [1.54, 1.807) is 54.6 Å². The number of amides is 2. The van der Waals surface area contributed by atoms with Gasteiger partial charge >= 0.3 is 0 Å². The van der Waals surface area contributed by atoms with Crippen LogP contribution in [-0.2, 0) is 9.22 Å². The van der Waals surface area contributed by atoms with Crippen LogP contribution in [0.3, 0.4) is 0 Å². The number of nitrogens with two attached hydrogens (primary N) is 1. The summed E-state index contributed by atoms with van der Waals surface area (Å²) in [6.45, 7) is 6.11. The Balaban J connectivity index is 1.87. The maximum absolute atomic E-state index is 13.4. The molecule has 1 aromatic heterocycles. The highest BCUT2D eigenvalue weighted by Crippen LogP contribution is 2.33. The van der Waals surface area contributed by atoms with Crippen LogP contribution >= 0.6 is 22.6 Å². The molecule has 10 nitrogen and oxygen atoms in total. The standard InChI is InChI=1S/C27H31IN6O4/c1-4-37-23-13-18(8-12-22(23)38-16(2)3)24(32-20-9-5-17(6-10-20)25(29)30)27(36)34-33-26(35)19-7-11-21(14-28)31-15-19/h5-13,15-16,24,32H,4,14H2,1-3H3,(H3,29,30)(H,33,35)(H,34,36). The molecule has 0 spiro atoms. The Bertz CT molecular complexity index is 1270. The van der Waals surface area contributed by atoms with Crippen LogP contribution in [0.1, 0.15) is 54.0 Å². The van der Waals surface area contributed by atoms with Crippen molar-refractivity contribution in [2.24, 2.45) is 5.73 Å². The summed E-state index contributed by atoms with van der Waals surface area (Å²) in [5.41, 5.74) is 13.4. The molecular formula is C27H31IN6O4. The number of halogens is 1. The number of hydrogen-bond donors (Lipinski definition) is 5. The second kappa shape index (κ2) is 13.6. The zero-order chi connectivity index (χ0) is 27.7. The number of aromatic nitrogens is 1. The van der Waals surface area contributed by atoms with Crippen LogP contribution in [0.15, 0.2) is 60.8 Å². The third kappa shape index (κ3) is 7.81. The largest absolute Gasteiger partial charge is 0.490 e. The number of nitrogens with zero attached hydrogens (tertiary/aromatic N) is 1. The summed E-state index contributed by atoms with van der Waals surface area (Å²) >= 11 is 2.19. The highest BCUT2D eigenvalue weighted by atomic mass is 127. The van der Waals surface area contributed by atoms with Gasteiger partial charge in [-0.1, -0.05) is 28.7 Å². The maximum Gasteiger partial charge on any atom is 0.271 e. The molecule has 0 radical (unpaired) electrons. The predicted octanol–water partition coefficient (Wildman–Crippen LogP) is 4.10. The molecule has 1 unspecified atom stereocenters. The molecule has 0 saturated heterocycles. The van der Waals surface area contributed by atoms with E-state index in [4.69, 9.17) is 20.6 Å². The van der Waals surface area contributed by atoms with Crippen molar-refractivity contribution in [3.05, 3.63) is 83.2 Å². The number of hydrogen-bond acceptors (Lipinski definition) is 7. The molecule has 0 fully saturated rings. The third-order valence-corrected chi connectivity index (χ3v) is 6.04. The van der Waals surface area contributed by atoms with Gasteiger partial charge in [-0.3, -0.25) is 30.8 Å². The Morgan fingerprint density at radius 3 is 2.32 bits per heavy atom. The smallest absolute Gasteiger partial charge is 0.271 e. The van der Waals surface area contributed by atoms with Gasteiger partial charge in [0.1, 0.15) is 11.9 Å². The lowest BCUT2D eigenvalue weighted by Crippen LogP contribution is -2.45. The van der Waals surface area contributed by atoms with E-state index in [-0.39, 0.29) is 11.9 Å². The molecule has 1 heterocycles. The van der Waals surface area contributed by atoms with Crippen LogP contribution in [0.4, 0.5) is 5.69 Å². The van der Waals surface area contributed by atoms with Crippen molar-refractivity contribution in [3.63, 3.8) is 0 Å². The minimum Gasteiger partial charge on any atom is -0.490 e. The number of carbonyl (C=O) groups is 2. The van der Waals surface area contributed by atoms with Crippen molar-refractivity contribution in [1.29, 1.82) is 5.41 Å². The molecule has 2 aromatic carbocycles. The zero-order valence-electron chi connectivity index (χ0n) is 21.4. The monoisotopic (exact) mass is 630 g/mol. The Labute approximate surface area is 235 Å². The van der Waals surface area contributed by atoms with Gasteiger partial charge in [0, 0.05) is 21.9 Å². The number of alkyl halides is 1. The van der Waals surface area contributed by atoms with E-state index in [2.05, 4.69) is 43.7 Å². The van der Waals surface area contributed by atoms with Crippen LogP contribution in [0.25, 0.3) is 0 Å². The van der Waals surface area contributed by atoms with Crippen LogP contribution in [0, 0.1) is 5.41 Å². The summed E-state index contributed by atoms with van der Waals surface area (Å²) in [6, 6.07) is 14.5. The zero-order valence-corrected chi connectivity index (χ0v) is 23.5. The van der Waals surface area contributed by atoms with Crippen LogP contribution in [-0.4, -0.2) is 35.3 Å². The summed E-state index contributed by atoms with van der Waals surface area (Å²) in [6.07, 6.45) is 1.40. The molecule has 0 aliphatic carbocycles. The second-order valence-electron chi connectivity index (χ2n) is 8.49. The first-order valence-electron chi connectivity index (χ1n) is 12.0. The topological polar surface area (TPSA) is 151 Å². The van der Waals surface area contributed by atoms with Gasteiger partial charge in [0.25, 0.3) is 11.8 Å². The Hall–Kier alpha value is -3.87. The molecule has 2 amide bonds. The summed E-state index contributed by atoms with van der Waals surface area (Å²) in [5.74, 6) is -0.00408. The number of rotatable bonds is 11. The summed E-state index contributed by atoms with van der Waals surface area (Å²) in [4.78, 5) is 30.2. The van der Waals surface area contributed by atoms with E-state index < -0.39 is 17.9 Å². The van der Waals surface area contributed by atoms with Gasteiger partial charge in [0.05, 0.1) is 24.0 Å². The van der Waals surface area contributed by atoms with Gasteiger partial charge in [-0.15, -0.1) is 0 Å². The molecule has 0 bridgehead atoms. The Morgan fingerprint density at radius 1 is 1.03 bits per heavy atom. The second-order valence-corrected chi connectivity index (χ2v) is 9.25. The first-order valence-corrected chi connectivity index (χ1v) is 13.5. The molecule has 1 atom stereocenters. The quantitative estimate of drug-likeness (QED) is 0.0704. The van der Waals surface area contributed by atoms with E-state index in [1.807, 2.05) is 20.8 Å². The first kappa shape index (κ1) is 28.7. The minimum absolute atomic E-state index is 0.0586. The number of nitrogens with one attached hydrogen (secondary N) is 4. The fourth-order valence-corrected chi connectivity index (χ4v) is 3.89. The number of anilines is 1. The average Bonchev–Trinajstić information content (AvgIpc) is 2.91. The van der Waals surface area contributed by atoms with Crippen LogP contribution in [0.2, 0.25) is 0 Å². The number of nitrogen functional groups attached to an aromatic ring is 1. The Kier molecular flexibility index (Phi) is 10.3. The average molecular weight is 630 g/mol. The molecule has 200 valence electrons. The molecule has 0 aliphatic heterocycles. The predicted molar refractivity (Wildman–Crippen MR) is 155 cm³/mol. The van der Waals surface area contributed by atoms with Crippen LogP contribution in [0.5, 0.6) is 11.5 Å². The number of amidine groups is 1. The van der Waals surface area contributed by atoms with E-state index >= 15 is 0 Å². The number of hydrazine groups is 1. The number of benzene rings is 2. The van der Waals surface area contributed by atoms with Crippen molar-refractivity contribution >= 4 is 45.9 Å². The lowest BCUT2D eigenvalue weighted by molar-refractivity contribution is -0.122. The van der Waals surface area contributed by atoms with Gasteiger partial charge in [-0.2, -0.15) is 0 Å².